The quantitative estimate of drug-likeness (QED) is 0.744. The fourth-order valence-electron chi connectivity index (χ4n) is 1.67. The lowest BCUT2D eigenvalue weighted by molar-refractivity contribution is 0.700. The minimum absolute atomic E-state index is 0.140. The average Bonchev–Trinajstić information content (AvgIpc) is 2.98. The van der Waals surface area contributed by atoms with Gasteiger partial charge in [0.05, 0.1) is 5.69 Å². The molecule has 0 radical (unpaired) electrons. The first-order valence-corrected chi connectivity index (χ1v) is 5.80. The molecule has 0 bridgehead atoms. The number of benzene rings is 1. The Bertz CT molecular complexity index is 786. The molecule has 7 heteroatoms. The molecule has 0 amide bonds. The van der Waals surface area contributed by atoms with Gasteiger partial charge in [-0.3, -0.25) is 0 Å². The SMILES string of the molecule is N#Cc1nc(-n2nnc(-c3ccccc3)n2)ccc1N. The van der Waals surface area contributed by atoms with Gasteiger partial charge in [-0.1, -0.05) is 30.3 Å². The normalized spacial score (nSPS) is 10.2. The smallest absolute Gasteiger partial charge is 0.205 e. The van der Waals surface area contributed by atoms with E-state index in [4.69, 9.17) is 11.0 Å². The molecule has 3 aromatic rings. The molecule has 0 aliphatic rings. The van der Waals surface area contributed by atoms with E-state index in [0.717, 1.165) is 5.56 Å². The molecule has 2 aromatic heterocycles. The van der Waals surface area contributed by atoms with Crippen LogP contribution in [0, 0.1) is 11.3 Å². The van der Waals surface area contributed by atoms with Gasteiger partial charge in [-0.15, -0.1) is 15.0 Å². The maximum atomic E-state index is 8.91. The van der Waals surface area contributed by atoms with Gasteiger partial charge in [0.1, 0.15) is 6.07 Å². The summed E-state index contributed by atoms with van der Waals surface area (Å²) in [5, 5.41) is 21.1. The number of nitrogens with zero attached hydrogens (tertiary/aromatic N) is 6. The third-order valence-electron chi connectivity index (χ3n) is 2.67. The molecular formula is C13H9N7. The van der Waals surface area contributed by atoms with Crippen molar-refractivity contribution in [1.29, 1.82) is 5.26 Å². The highest BCUT2D eigenvalue weighted by Gasteiger charge is 2.09. The number of nitriles is 1. The van der Waals surface area contributed by atoms with E-state index in [1.165, 1.54) is 4.80 Å². The maximum Gasteiger partial charge on any atom is 0.205 e. The van der Waals surface area contributed by atoms with Crippen LogP contribution in [0.2, 0.25) is 0 Å². The first kappa shape index (κ1) is 11.8. The highest BCUT2D eigenvalue weighted by molar-refractivity contribution is 5.54. The average molecular weight is 263 g/mol. The van der Waals surface area contributed by atoms with Crippen molar-refractivity contribution in [3.63, 3.8) is 0 Å². The lowest BCUT2D eigenvalue weighted by Crippen LogP contribution is -2.04. The Morgan fingerprint density at radius 3 is 2.65 bits per heavy atom. The molecule has 0 aliphatic heterocycles. The standard InChI is InChI=1S/C13H9N7/c14-8-11-10(15)6-7-12(16-11)20-18-13(17-19-20)9-4-2-1-3-5-9/h1-7H,15H2. The minimum Gasteiger partial charge on any atom is -0.396 e. The molecule has 0 saturated heterocycles. The van der Waals surface area contributed by atoms with E-state index in [1.54, 1.807) is 12.1 Å². The number of rotatable bonds is 2. The molecule has 0 saturated carbocycles. The largest absolute Gasteiger partial charge is 0.396 e. The first-order chi connectivity index (χ1) is 9.78. The van der Waals surface area contributed by atoms with Crippen LogP contribution in [0.3, 0.4) is 0 Å². The molecule has 2 N–H and O–H groups in total. The summed E-state index contributed by atoms with van der Waals surface area (Å²) >= 11 is 0. The van der Waals surface area contributed by atoms with Crippen molar-refractivity contribution in [3.8, 4) is 23.3 Å². The molecular weight excluding hydrogens is 254 g/mol. The van der Waals surface area contributed by atoms with Gasteiger partial charge < -0.3 is 5.73 Å². The Morgan fingerprint density at radius 2 is 1.90 bits per heavy atom. The van der Waals surface area contributed by atoms with Gasteiger partial charge in [0.2, 0.25) is 5.82 Å². The van der Waals surface area contributed by atoms with Crippen molar-refractivity contribution in [3.05, 3.63) is 48.2 Å². The van der Waals surface area contributed by atoms with E-state index in [-0.39, 0.29) is 5.69 Å². The van der Waals surface area contributed by atoms with Crippen LogP contribution in [0.1, 0.15) is 5.69 Å². The second kappa shape index (κ2) is 4.78. The molecule has 0 aliphatic carbocycles. The van der Waals surface area contributed by atoms with E-state index >= 15 is 0 Å². The molecule has 1 aromatic carbocycles. The monoisotopic (exact) mass is 263 g/mol. The van der Waals surface area contributed by atoms with Crippen LogP contribution in [-0.2, 0) is 0 Å². The number of tetrazole rings is 1. The number of nitrogen functional groups attached to an aromatic ring is 1. The van der Waals surface area contributed by atoms with Gasteiger partial charge in [-0.05, 0) is 17.3 Å². The van der Waals surface area contributed by atoms with Gasteiger partial charge in [-0.2, -0.15) is 5.26 Å². The molecule has 0 atom stereocenters. The molecule has 3 rings (SSSR count). The van der Waals surface area contributed by atoms with Crippen LogP contribution >= 0.6 is 0 Å². The lowest BCUT2D eigenvalue weighted by atomic mass is 10.2. The predicted molar refractivity (Wildman–Crippen MR) is 71.5 cm³/mol. The first-order valence-electron chi connectivity index (χ1n) is 5.80. The summed E-state index contributed by atoms with van der Waals surface area (Å²) in [6.07, 6.45) is 0. The highest BCUT2D eigenvalue weighted by Crippen LogP contribution is 2.14. The third kappa shape index (κ3) is 2.06. The summed E-state index contributed by atoms with van der Waals surface area (Å²) in [6.45, 7) is 0. The second-order valence-electron chi connectivity index (χ2n) is 3.99. The topological polar surface area (TPSA) is 106 Å². The van der Waals surface area contributed by atoms with E-state index < -0.39 is 0 Å². The van der Waals surface area contributed by atoms with Crippen molar-refractivity contribution in [2.45, 2.75) is 0 Å². The number of nitrogens with two attached hydrogens (primary N) is 1. The lowest BCUT2D eigenvalue weighted by Gasteiger charge is -2.00. The molecule has 20 heavy (non-hydrogen) atoms. The van der Waals surface area contributed by atoms with Gasteiger partial charge in [-0.25, -0.2) is 4.98 Å². The predicted octanol–water partition coefficient (Wildman–Crippen LogP) is 1.18. The molecule has 0 unspecified atom stereocenters. The summed E-state index contributed by atoms with van der Waals surface area (Å²) in [5.41, 5.74) is 6.94. The van der Waals surface area contributed by atoms with Crippen LogP contribution in [0.5, 0.6) is 0 Å². The number of hydrogen-bond acceptors (Lipinski definition) is 6. The summed E-state index contributed by atoms with van der Waals surface area (Å²) in [7, 11) is 0. The summed E-state index contributed by atoms with van der Waals surface area (Å²) in [4.78, 5) is 5.35. The van der Waals surface area contributed by atoms with Gasteiger partial charge in [0.15, 0.2) is 11.5 Å². The third-order valence-corrected chi connectivity index (χ3v) is 2.67. The Balaban J connectivity index is 2.01. The zero-order valence-electron chi connectivity index (χ0n) is 10.3. The van der Waals surface area contributed by atoms with Crippen molar-refractivity contribution < 1.29 is 0 Å². The van der Waals surface area contributed by atoms with Crippen molar-refractivity contribution >= 4 is 5.69 Å². The Hall–Kier alpha value is -3.27. The Morgan fingerprint density at radius 1 is 1.10 bits per heavy atom. The van der Waals surface area contributed by atoms with Crippen LogP contribution in [0.25, 0.3) is 17.2 Å². The van der Waals surface area contributed by atoms with Crippen LogP contribution < -0.4 is 5.73 Å². The molecule has 7 nitrogen and oxygen atoms in total. The highest BCUT2D eigenvalue weighted by atomic mass is 15.6. The van der Waals surface area contributed by atoms with Crippen molar-refractivity contribution in [2.24, 2.45) is 0 Å². The number of anilines is 1. The molecule has 0 fully saturated rings. The fourth-order valence-corrected chi connectivity index (χ4v) is 1.67. The summed E-state index contributed by atoms with van der Waals surface area (Å²) < 4.78 is 0. The van der Waals surface area contributed by atoms with Gasteiger partial charge >= 0.3 is 0 Å². The van der Waals surface area contributed by atoms with E-state index in [1.807, 2.05) is 36.4 Å². The molecule has 0 spiro atoms. The molecule has 2 heterocycles. The van der Waals surface area contributed by atoms with Crippen LogP contribution in [0.4, 0.5) is 5.69 Å². The van der Waals surface area contributed by atoms with Gasteiger partial charge in [0, 0.05) is 5.56 Å². The van der Waals surface area contributed by atoms with E-state index in [0.29, 0.717) is 17.3 Å². The fraction of sp³-hybridized carbons (Fsp3) is 0. The van der Waals surface area contributed by atoms with E-state index in [2.05, 4.69) is 20.4 Å². The maximum absolute atomic E-state index is 8.91. The number of aromatic nitrogens is 5. The Kier molecular flexibility index (Phi) is 2.82. The van der Waals surface area contributed by atoms with Crippen LogP contribution in [0.15, 0.2) is 42.5 Å². The zero-order chi connectivity index (χ0) is 13.9. The Labute approximate surface area is 114 Å². The van der Waals surface area contributed by atoms with Crippen molar-refractivity contribution in [2.75, 3.05) is 5.73 Å². The zero-order valence-corrected chi connectivity index (χ0v) is 10.3. The van der Waals surface area contributed by atoms with Crippen molar-refractivity contribution in [1.82, 2.24) is 25.2 Å². The number of pyridine rings is 1. The summed E-state index contributed by atoms with van der Waals surface area (Å²) in [6, 6.07) is 14.6. The summed E-state index contributed by atoms with van der Waals surface area (Å²) in [5.74, 6) is 0.883. The van der Waals surface area contributed by atoms with Crippen LogP contribution in [-0.4, -0.2) is 25.2 Å². The van der Waals surface area contributed by atoms with E-state index in [9.17, 15) is 0 Å². The second-order valence-corrected chi connectivity index (χ2v) is 3.99. The van der Waals surface area contributed by atoms with Gasteiger partial charge in [0.25, 0.3) is 0 Å². The number of hydrogen-bond donors (Lipinski definition) is 1. The minimum atomic E-state index is 0.140. The molecule has 96 valence electrons.